The second-order valence-corrected chi connectivity index (χ2v) is 6.88. The summed E-state index contributed by atoms with van der Waals surface area (Å²) in [6.45, 7) is 7.49. The van der Waals surface area contributed by atoms with Crippen LogP contribution in [0.1, 0.15) is 34.1 Å². The molecule has 0 fully saturated rings. The van der Waals surface area contributed by atoms with Crippen molar-refractivity contribution in [1.82, 2.24) is 9.97 Å². The van der Waals surface area contributed by atoms with Crippen LogP contribution in [0, 0.1) is 6.42 Å². The first-order valence-electron chi connectivity index (χ1n) is 7.26. The topological polar surface area (TPSA) is 70.1 Å². The largest absolute Gasteiger partial charge is 0.388 e. The first kappa shape index (κ1) is 17.0. The van der Waals surface area contributed by atoms with Gasteiger partial charge in [0.2, 0.25) is 5.95 Å². The van der Waals surface area contributed by atoms with Crippen molar-refractivity contribution in [3.05, 3.63) is 40.5 Å². The Labute approximate surface area is 140 Å². The van der Waals surface area contributed by atoms with E-state index >= 15 is 0 Å². The zero-order valence-electron chi connectivity index (χ0n) is 13.3. The standard InChI is InChI=1S/C16H22BrN4O/c1-10-6-5-7-12(8-10)20-15-18-9-13(17)14(21-15)19-11(2)16(3,4)22/h6-9,11,22H,5H2,1-4H3,(H2,18,19,20,21)/t11-/m1/s1. The van der Waals surface area contributed by atoms with Gasteiger partial charge < -0.3 is 15.7 Å². The van der Waals surface area contributed by atoms with Gasteiger partial charge in [-0.3, -0.25) is 0 Å². The van der Waals surface area contributed by atoms with Gasteiger partial charge in [-0.2, -0.15) is 4.98 Å². The lowest BCUT2D eigenvalue weighted by Crippen LogP contribution is -2.39. The monoisotopic (exact) mass is 365 g/mol. The van der Waals surface area contributed by atoms with E-state index in [0.29, 0.717) is 11.8 Å². The first-order valence-corrected chi connectivity index (χ1v) is 8.05. The van der Waals surface area contributed by atoms with E-state index in [1.807, 2.05) is 6.92 Å². The van der Waals surface area contributed by atoms with Gasteiger partial charge >= 0.3 is 0 Å². The molecule has 22 heavy (non-hydrogen) atoms. The molecule has 0 bridgehead atoms. The van der Waals surface area contributed by atoms with E-state index < -0.39 is 5.60 Å². The van der Waals surface area contributed by atoms with Gasteiger partial charge in [-0.1, -0.05) is 11.6 Å². The van der Waals surface area contributed by atoms with Crippen LogP contribution in [0.15, 0.2) is 34.1 Å². The third-order valence-electron chi connectivity index (χ3n) is 3.57. The van der Waals surface area contributed by atoms with Gasteiger partial charge in [0.15, 0.2) is 0 Å². The number of rotatable bonds is 5. The molecule has 1 aromatic rings. The summed E-state index contributed by atoms with van der Waals surface area (Å²) in [4.78, 5) is 8.75. The fraction of sp³-hybridized carbons (Fsp3) is 0.438. The van der Waals surface area contributed by atoms with Gasteiger partial charge in [0.1, 0.15) is 5.82 Å². The molecule has 0 aromatic carbocycles. The SMILES string of the molecule is CC1=CC(Nc2ncc(Br)c(N[C@H](C)C(C)(C)O)n2)=CC[CH]1. The van der Waals surface area contributed by atoms with Crippen molar-refractivity contribution < 1.29 is 5.11 Å². The molecule has 0 aliphatic heterocycles. The predicted molar refractivity (Wildman–Crippen MR) is 93.5 cm³/mol. The number of nitrogens with zero attached hydrogens (tertiary/aromatic N) is 2. The maximum atomic E-state index is 10.0. The lowest BCUT2D eigenvalue weighted by molar-refractivity contribution is 0.0647. The number of allylic oxidation sites excluding steroid dienone is 3. The molecule has 1 heterocycles. The normalized spacial score (nSPS) is 16.6. The summed E-state index contributed by atoms with van der Waals surface area (Å²) in [7, 11) is 0. The predicted octanol–water partition coefficient (Wildman–Crippen LogP) is 3.66. The number of anilines is 2. The molecule has 1 radical (unpaired) electrons. The summed E-state index contributed by atoms with van der Waals surface area (Å²) in [6, 6.07) is -0.155. The molecular weight excluding hydrogens is 344 g/mol. The number of aliphatic hydroxyl groups is 1. The molecule has 1 aromatic heterocycles. The summed E-state index contributed by atoms with van der Waals surface area (Å²) >= 11 is 3.43. The Hall–Kier alpha value is -1.40. The molecule has 0 saturated carbocycles. The van der Waals surface area contributed by atoms with E-state index in [-0.39, 0.29) is 6.04 Å². The van der Waals surface area contributed by atoms with Crippen LogP contribution in [-0.2, 0) is 0 Å². The number of aromatic nitrogens is 2. The molecule has 5 nitrogen and oxygen atoms in total. The van der Waals surface area contributed by atoms with Gasteiger partial charge in [0, 0.05) is 11.9 Å². The van der Waals surface area contributed by atoms with Crippen molar-refractivity contribution in [2.45, 2.75) is 45.8 Å². The minimum atomic E-state index is -0.848. The summed E-state index contributed by atoms with van der Waals surface area (Å²) in [5, 5.41) is 16.5. The highest BCUT2D eigenvalue weighted by molar-refractivity contribution is 9.10. The molecule has 1 aliphatic carbocycles. The van der Waals surface area contributed by atoms with Crippen LogP contribution in [0.25, 0.3) is 0 Å². The molecule has 0 unspecified atom stereocenters. The van der Waals surface area contributed by atoms with Crippen molar-refractivity contribution in [2.75, 3.05) is 10.6 Å². The van der Waals surface area contributed by atoms with Crippen LogP contribution in [0.2, 0.25) is 0 Å². The summed E-state index contributed by atoms with van der Waals surface area (Å²) in [5.41, 5.74) is 1.36. The van der Waals surface area contributed by atoms with Gasteiger partial charge in [-0.05, 0) is 62.5 Å². The molecule has 0 amide bonds. The quantitative estimate of drug-likeness (QED) is 0.742. The second-order valence-electron chi connectivity index (χ2n) is 6.02. The lowest BCUT2D eigenvalue weighted by atomic mass is 10.0. The number of nitrogens with one attached hydrogen (secondary N) is 2. The minimum absolute atomic E-state index is 0.155. The van der Waals surface area contributed by atoms with E-state index in [1.54, 1.807) is 20.0 Å². The Morgan fingerprint density at radius 3 is 2.77 bits per heavy atom. The van der Waals surface area contributed by atoms with Crippen molar-refractivity contribution in [1.29, 1.82) is 0 Å². The molecule has 119 valence electrons. The molecule has 1 atom stereocenters. The van der Waals surface area contributed by atoms with Crippen molar-refractivity contribution >= 4 is 27.7 Å². The smallest absolute Gasteiger partial charge is 0.229 e. The van der Waals surface area contributed by atoms with E-state index in [4.69, 9.17) is 0 Å². The minimum Gasteiger partial charge on any atom is -0.388 e. The molecule has 1 aliphatic rings. The molecule has 0 saturated heterocycles. The highest BCUT2D eigenvalue weighted by Crippen LogP contribution is 2.24. The van der Waals surface area contributed by atoms with E-state index in [2.05, 4.69) is 62.0 Å². The Morgan fingerprint density at radius 2 is 2.14 bits per heavy atom. The Kier molecular flexibility index (Phi) is 5.24. The van der Waals surface area contributed by atoms with Gasteiger partial charge in [-0.15, -0.1) is 0 Å². The maximum absolute atomic E-state index is 10.0. The summed E-state index contributed by atoms with van der Waals surface area (Å²) in [5.74, 6) is 1.17. The summed E-state index contributed by atoms with van der Waals surface area (Å²) in [6.07, 6.45) is 8.90. The third-order valence-corrected chi connectivity index (χ3v) is 4.15. The maximum Gasteiger partial charge on any atom is 0.229 e. The fourth-order valence-corrected chi connectivity index (χ4v) is 2.17. The van der Waals surface area contributed by atoms with Crippen molar-refractivity contribution in [3.8, 4) is 0 Å². The zero-order valence-corrected chi connectivity index (χ0v) is 14.9. The molecule has 0 spiro atoms. The molecule has 3 N–H and O–H groups in total. The van der Waals surface area contributed by atoms with Crippen LogP contribution in [0.4, 0.5) is 11.8 Å². The number of halogens is 1. The molecule has 6 heteroatoms. The Bertz CT molecular complexity index is 605. The molecular formula is C16H22BrN4O. The Balaban J connectivity index is 2.15. The fourth-order valence-electron chi connectivity index (χ4n) is 1.86. The van der Waals surface area contributed by atoms with Crippen LogP contribution < -0.4 is 10.6 Å². The second kappa shape index (κ2) is 6.79. The summed E-state index contributed by atoms with van der Waals surface area (Å²) < 4.78 is 0.756. The number of hydrogen-bond donors (Lipinski definition) is 3. The van der Waals surface area contributed by atoms with Crippen LogP contribution in [0.3, 0.4) is 0 Å². The average molecular weight is 366 g/mol. The third kappa shape index (κ3) is 4.55. The van der Waals surface area contributed by atoms with Gasteiger partial charge in [-0.25, -0.2) is 4.98 Å². The van der Waals surface area contributed by atoms with Crippen molar-refractivity contribution in [3.63, 3.8) is 0 Å². The average Bonchev–Trinajstić information content (AvgIpc) is 2.41. The highest BCUT2D eigenvalue weighted by Gasteiger charge is 2.23. The number of hydrogen-bond acceptors (Lipinski definition) is 5. The van der Waals surface area contributed by atoms with E-state index in [1.165, 1.54) is 5.57 Å². The van der Waals surface area contributed by atoms with Crippen LogP contribution >= 0.6 is 15.9 Å². The van der Waals surface area contributed by atoms with E-state index in [0.717, 1.165) is 16.6 Å². The van der Waals surface area contributed by atoms with E-state index in [9.17, 15) is 5.11 Å². The van der Waals surface area contributed by atoms with Gasteiger partial charge in [0.05, 0.1) is 16.1 Å². The Morgan fingerprint density at radius 1 is 1.41 bits per heavy atom. The first-order chi connectivity index (χ1) is 10.3. The molecule has 2 rings (SSSR count). The zero-order chi connectivity index (χ0) is 16.3. The lowest BCUT2D eigenvalue weighted by Gasteiger charge is -2.27. The van der Waals surface area contributed by atoms with Gasteiger partial charge in [0.25, 0.3) is 0 Å². The van der Waals surface area contributed by atoms with Crippen LogP contribution in [-0.4, -0.2) is 26.7 Å². The highest BCUT2D eigenvalue weighted by atomic mass is 79.9. The van der Waals surface area contributed by atoms with Crippen LogP contribution in [0.5, 0.6) is 0 Å². The van der Waals surface area contributed by atoms with Crippen molar-refractivity contribution in [2.24, 2.45) is 0 Å².